The van der Waals surface area contributed by atoms with Crippen molar-refractivity contribution in [3.63, 3.8) is 0 Å². The van der Waals surface area contributed by atoms with Crippen LogP contribution in [-0.2, 0) is 14.3 Å². The van der Waals surface area contributed by atoms with Crippen LogP contribution in [0.4, 0.5) is 0 Å². The molecular formula is C19H26N2O4S. The molecule has 4 rings (SSSR count). The van der Waals surface area contributed by atoms with Crippen molar-refractivity contribution >= 4 is 23.2 Å². The van der Waals surface area contributed by atoms with Crippen LogP contribution in [0.25, 0.3) is 0 Å². The molecule has 3 fully saturated rings. The van der Waals surface area contributed by atoms with Crippen LogP contribution in [-0.4, -0.2) is 61.3 Å². The van der Waals surface area contributed by atoms with E-state index < -0.39 is 0 Å². The first-order chi connectivity index (χ1) is 12.5. The minimum Gasteiger partial charge on any atom is -0.372 e. The summed E-state index contributed by atoms with van der Waals surface area (Å²) < 4.78 is 11.6. The number of aryl methyl sites for hydroxylation is 1. The number of hydrogen-bond acceptors (Lipinski definition) is 5. The molecule has 3 aliphatic rings. The first kappa shape index (κ1) is 17.9. The molecule has 6 nitrogen and oxygen atoms in total. The van der Waals surface area contributed by atoms with Crippen molar-refractivity contribution in [3.8, 4) is 0 Å². The van der Waals surface area contributed by atoms with Gasteiger partial charge in [0.15, 0.2) is 0 Å². The van der Waals surface area contributed by atoms with Crippen LogP contribution >= 0.6 is 11.3 Å². The van der Waals surface area contributed by atoms with E-state index in [0.717, 1.165) is 22.6 Å². The number of likely N-dealkylation sites (tertiary alicyclic amines) is 1. The third-order valence-corrected chi connectivity index (χ3v) is 7.03. The van der Waals surface area contributed by atoms with E-state index in [2.05, 4.69) is 5.32 Å². The van der Waals surface area contributed by atoms with Crippen LogP contribution in [0.5, 0.6) is 0 Å². The van der Waals surface area contributed by atoms with Crippen LogP contribution in [0.3, 0.4) is 0 Å². The highest BCUT2D eigenvalue weighted by atomic mass is 32.1. The number of carbonyl (C=O) groups excluding carboxylic acids is 2. The molecule has 7 heteroatoms. The monoisotopic (exact) mass is 378 g/mol. The second-order valence-electron chi connectivity index (χ2n) is 7.56. The highest BCUT2D eigenvalue weighted by Crippen LogP contribution is 2.54. The zero-order chi connectivity index (χ0) is 18.3. The summed E-state index contributed by atoms with van der Waals surface area (Å²) in [5.74, 6) is 0.609. The molecule has 0 unspecified atom stereocenters. The van der Waals surface area contributed by atoms with Gasteiger partial charge in [-0.2, -0.15) is 0 Å². The molecule has 26 heavy (non-hydrogen) atoms. The van der Waals surface area contributed by atoms with Gasteiger partial charge in [0, 0.05) is 36.4 Å². The summed E-state index contributed by atoms with van der Waals surface area (Å²) in [6.45, 7) is 6.56. The van der Waals surface area contributed by atoms with Gasteiger partial charge < -0.3 is 19.7 Å². The third kappa shape index (κ3) is 3.06. The highest BCUT2D eigenvalue weighted by molar-refractivity contribution is 7.13. The molecule has 2 amide bonds. The predicted octanol–water partition coefficient (Wildman–Crippen LogP) is 1.83. The number of ether oxygens (including phenoxy) is 2. The standard InChI is InChI=1S/C19H26N2O4S/c1-3-24-10-17(22)21-9-14-13(15-6-7-19(14,11-21)25-15)8-20-18(23)16-5-4-12(2)26-16/h4-5,13-15H,3,6-11H2,1-2H3,(H,20,23)/t13-,14+,15+,19+/m0/s1. The number of hydrogen-bond donors (Lipinski definition) is 1. The lowest BCUT2D eigenvalue weighted by molar-refractivity contribution is -0.136. The van der Waals surface area contributed by atoms with Crippen LogP contribution in [0.2, 0.25) is 0 Å². The van der Waals surface area contributed by atoms with Gasteiger partial charge in [0.1, 0.15) is 6.61 Å². The Bertz CT molecular complexity index is 705. The van der Waals surface area contributed by atoms with Gasteiger partial charge in [-0.05, 0) is 38.8 Å². The quantitative estimate of drug-likeness (QED) is 0.820. The van der Waals surface area contributed by atoms with E-state index in [1.54, 1.807) is 0 Å². The summed E-state index contributed by atoms with van der Waals surface area (Å²) in [6.07, 6.45) is 2.23. The smallest absolute Gasteiger partial charge is 0.261 e. The zero-order valence-electron chi connectivity index (χ0n) is 15.3. The van der Waals surface area contributed by atoms with Crippen molar-refractivity contribution in [2.24, 2.45) is 11.8 Å². The first-order valence-corrected chi connectivity index (χ1v) is 10.2. The van der Waals surface area contributed by atoms with E-state index in [4.69, 9.17) is 9.47 Å². The van der Waals surface area contributed by atoms with Gasteiger partial charge in [0.25, 0.3) is 5.91 Å². The van der Waals surface area contributed by atoms with E-state index in [-0.39, 0.29) is 36.0 Å². The number of carbonyl (C=O) groups is 2. The summed E-state index contributed by atoms with van der Waals surface area (Å²) in [6, 6.07) is 3.84. The number of thiophene rings is 1. The van der Waals surface area contributed by atoms with Gasteiger partial charge in [-0.3, -0.25) is 9.59 Å². The number of nitrogens with one attached hydrogen (secondary N) is 1. The van der Waals surface area contributed by atoms with Gasteiger partial charge in [-0.1, -0.05) is 0 Å². The lowest BCUT2D eigenvalue weighted by Gasteiger charge is -2.29. The minimum atomic E-state index is -0.207. The summed E-state index contributed by atoms with van der Waals surface area (Å²) in [5, 5.41) is 3.09. The van der Waals surface area contributed by atoms with Crippen molar-refractivity contribution in [3.05, 3.63) is 21.9 Å². The molecule has 1 aromatic rings. The summed E-state index contributed by atoms with van der Waals surface area (Å²) >= 11 is 1.51. The molecule has 1 spiro atoms. The van der Waals surface area contributed by atoms with Crippen molar-refractivity contribution in [1.29, 1.82) is 0 Å². The number of nitrogens with zero attached hydrogens (tertiary/aromatic N) is 1. The Morgan fingerprint density at radius 3 is 3.04 bits per heavy atom. The molecule has 1 aromatic heterocycles. The van der Waals surface area contributed by atoms with Gasteiger partial charge in [-0.25, -0.2) is 0 Å². The topological polar surface area (TPSA) is 67.9 Å². The molecule has 0 aromatic carbocycles. The van der Waals surface area contributed by atoms with Crippen molar-refractivity contribution in [1.82, 2.24) is 10.2 Å². The summed E-state index contributed by atoms with van der Waals surface area (Å²) in [7, 11) is 0. The van der Waals surface area contributed by atoms with E-state index in [1.165, 1.54) is 11.3 Å². The molecule has 2 bridgehead atoms. The Labute approximate surface area is 157 Å². The fourth-order valence-corrected chi connectivity index (χ4v) is 5.57. The van der Waals surface area contributed by atoms with Gasteiger partial charge in [-0.15, -0.1) is 11.3 Å². The van der Waals surface area contributed by atoms with Crippen LogP contribution in [0.15, 0.2) is 12.1 Å². The van der Waals surface area contributed by atoms with Crippen molar-refractivity contribution in [2.45, 2.75) is 38.4 Å². The summed E-state index contributed by atoms with van der Waals surface area (Å²) in [5.41, 5.74) is -0.207. The van der Waals surface area contributed by atoms with E-state index in [1.807, 2.05) is 30.9 Å². The second kappa shape index (κ2) is 6.94. The second-order valence-corrected chi connectivity index (χ2v) is 8.85. The van der Waals surface area contributed by atoms with Crippen LogP contribution in [0, 0.1) is 18.8 Å². The number of amides is 2. The fraction of sp³-hybridized carbons (Fsp3) is 0.684. The van der Waals surface area contributed by atoms with E-state index in [0.29, 0.717) is 32.2 Å². The maximum atomic E-state index is 12.4. The largest absolute Gasteiger partial charge is 0.372 e. The fourth-order valence-electron chi connectivity index (χ4n) is 4.79. The average molecular weight is 378 g/mol. The number of fused-ring (bicyclic) bond motifs is 1. The molecule has 3 aliphatic heterocycles. The lowest BCUT2D eigenvalue weighted by Crippen LogP contribution is -2.41. The van der Waals surface area contributed by atoms with Gasteiger partial charge >= 0.3 is 0 Å². The molecule has 4 atom stereocenters. The molecular weight excluding hydrogens is 352 g/mol. The number of rotatable bonds is 6. The highest BCUT2D eigenvalue weighted by Gasteiger charge is 2.63. The van der Waals surface area contributed by atoms with E-state index >= 15 is 0 Å². The molecule has 0 saturated carbocycles. The molecule has 1 N–H and O–H groups in total. The Hall–Kier alpha value is -1.44. The average Bonchev–Trinajstić information content (AvgIpc) is 3.37. The Kier molecular flexibility index (Phi) is 4.79. The first-order valence-electron chi connectivity index (χ1n) is 9.40. The molecule has 4 heterocycles. The SMILES string of the molecule is CCOCC(=O)N1C[C@@H]2[C@H](CNC(=O)c3ccc(C)s3)[C@H]3CC[C@]2(C1)O3. The van der Waals surface area contributed by atoms with Crippen LogP contribution < -0.4 is 5.32 Å². The molecule has 0 radical (unpaired) electrons. The Balaban J connectivity index is 1.39. The maximum absolute atomic E-state index is 12.4. The maximum Gasteiger partial charge on any atom is 0.261 e. The zero-order valence-corrected chi connectivity index (χ0v) is 16.1. The lowest BCUT2D eigenvalue weighted by atomic mass is 9.73. The van der Waals surface area contributed by atoms with Crippen molar-refractivity contribution < 1.29 is 19.1 Å². The predicted molar refractivity (Wildman–Crippen MR) is 98.3 cm³/mol. The molecule has 3 saturated heterocycles. The normalized spacial score (nSPS) is 32.1. The van der Waals surface area contributed by atoms with Gasteiger partial charge in [0.2, 0.25) is 5.91 Å². The molecule has 0 aliphatic carbocycles. The van der Waals surface area contributed by atoms with Crippen LogP contribution in [0.1, 0.15) is 34.3 Å². The molecule has 142 valence electrons. The Morgan fingerprint density at radius 1 is 1.46 bits per heavy atom. The minimum absolute atomic E-state index is 0.0119. The van der Waals surface area contributed by atoms with Gasteiger partial charge in [0.05, 0.1) is 23.1 Å². The third-order valence-electron chi connectivity index (χ3n) is 6.03. The van der Waals surface area contributed by atoms with Crippen molar-refractivity contribution in [2.75, 3.05) is 32.8 Å². The van der Waals surface area contributed by atoms with E-state index in [9.17, 15) is 9.59 Å². The Morgan fingerprint density at radius 2 is 2.31 bits per heavy atom. The summed E-state index contributed by atoms with van der Waals surface area (Å²) in [4.78, 5) is 28.5.